The lowest BCUT2D eigenvalue weighted by Gasteiger charge is -2.21. The fourth-order valence-electron chi connectivity index (χ4n) is 1.69. The third-order valence-electron chi connectivity index (χ3n) is 2.46. The number of carboxylic acid groups (broad SMARTS) is 2. The van der Waals surface area contributed by atoms with Crippen LogP contribution in [-0.4, -0.2) is 29.3 Å². The zero-order valence-corrected chi connectivity index (χ0v) is 9.37. The Morgan fingerprint density at radius 2 is 1.82 bits per heavy atom. The highest BCUT2D eigenvalue weighted by molar-refractivity contribution is 5.78. The van der Waals surface area contributed by atoms with E-state index in [1.807, 2.05) is 0 Å². The SMILES string of the molecule is COC(c1ccccc1)C(CC(=O)O)C(=O)O. The number of rotatable bonds is 6. The van der Waals surface area contributed by atoms with Crippen LogP contribution in [0.15, 0.2) is 30.3 Å². The summed E-state index contributed by atoms with van der Waals surface area (Å²) in [5.74, 6) is -3.43. The molecule has 1 rings (SSSR count). The third-order valence-corrected chi connectivity index (χ3v) is 2.46. The standard InChI is InChI=1S/C12H14O5/c1-17-11(8-5-3-2-4-6-8)9(12(15)16)7-10(13)14/h2-6,9,11H,7H2,1H3,(H,13,14)(H,15,16). The van der Waals surface area contributed by atoms with Gasteiger partial charge in [-0.25, -0.2) is 0 Å². The molecule has 0 aromatic heterocycles. The van der Waals surface area contributed by atoms with Crippen molar-refractivity contribution < 1.29 is 24.5 Å². The van der Waals surface area contributed by atoms with E-state index in [1.165, 1.54) is 7.11 Å². The molecule has 0 saturated heterocycles. The van der Waals surface area contributed by atoms with Crippen LogP contribution in [0.25, 0.3) is 0 Å². The van der Waals surface area contributed by atoms with Gasteiger partial charge in [0.15, 0.2) is 0 Å². The summed E-state index contributed by atoms with van der Waals surface area (Å²) in [4.78, 5) is 21.7. The van der Waals surface area contributed by atoms with Gasteiger partial charge < -0.3 is 14.9 Å². The fraction of sp³-hybridized carbons (Fsp3) is 0.333. The van der Waals surface area contributed by atoms with Gasteiger partial charge in [-0.1, -0.05) is 30.3 Å². The molecule has 0 bridgehead atoms. The monoisotopic (exact) mass is 238 g/mol. The molecule has 92 valence electrons. The quantitative estimate of drug-likeness (QED) is 0.785. The van der Waals surface area contributed by atoms with E-state index in [0.717, 1.165) is 0 Å². The zero-order valence-electron chi connectivity index (χ0n) is 9.37. The molecule has 1 aromatic rings. The second-order valence-electron chi connectivity index (χ2n) is 3.61. The molecule has 0 aliphatic heterocycles. The lowest BCUT2D eigenvalue weighted by Crippen LogP contribution is -2.26. The van der Waals surface area contributed by atoms with E-state index < -0.39 is 30.4 Å². The molecule has 0 aliphatic carbocycles. The highest BCUT2D eigenvalue weighted by Gasteiger charge is 2.31. The number of aliphatic carboxylic acids is 2. The Morgan fingerprint density at radius 1 is 1.24 bits per heavy atom. The average Bonchev–Trinajstić information content (AvgIpc) is 2.29. The maximum atomic E-state index is 11.1. The second kappa shape index (κ2) is 6.00. The number of carbonyl (C=O) groups is 2. The van der Waals surface area contributed by atoms with E-state index in [-0.39, 0.29) is 0 Å². The predicted octanol–water partition coefficient (Wildman–Crippen LogP) is 1.55. The van der Waals surface area contributed by atoms with Crippen molar-refractivity contribution in [2.45, 2.75) is 12.5 Å². The molecule has 2 unspecified atom stereocenters. The number of methoxy groups -OCH3 is 1. The molecule has 0 aliphatic rings. The smallest absolute Gasteiger partial charge is 0.310 e. The summed E-state index contributed by atoms with van der Waals surface area (Å²) in [6, 6.07) is 8.73. The summed E-state index contributed by atoms with van der Waals surface area (Å²) >= 11 is 0. The molecule has 0 amide bonds. The Balaban J connectivity index is 2.97. The van der Waals surface area contributed by atoms with Gasteiger partial charge in [0.2, 0.25) is 0 Å². The van der Waals surface area contributed by atoms with Crippen LogP contribution in [0.5, 0.6) is 0 Å². The van der Waals surface area contributed by atoms with E-state index in [2.05, 4.69) is 0 Å². The van der Waals surface area contributed by atoms with E-state index in [4.69, 9.17) is 14.9 Å². The van der Waals surface area contributed by atoms with E-state index in [9.17, 15) is 9.59 Å². The van der Waals surface area contributed by atoms with Crippen LogP contribution in [0.3, 0.4) is 0 Å². The minimum absolute atomic E-state index is 0.470. The van der Waals surface area contributed by atoms with Gasteiger partial charge in [0, 0.05) is 7.11 Å². The van der Waals surface area contributed by atoms with Crippen molar-refractivity contribution in [1.82, 2.24) is 0 Å². The summed E-state index contributed by atoms with van der Waals surface area (Å²) < 4.78 is 5.12. The van der Waals surface area contributed by atoms with Crippen LogP contribution in [0.2, 0.25) is 0 Å². The normalized spacial score (nSPS) is 13.9. The van der Waals surface area contributed by atoms with Crippen molar-refractivity contribution in [3.8, 4) is 0 Å². The second-order valence-corrected chi connectivity index (χ2v) is 3.61. The van der Waals surface area contributed by atoms with Crippen LogP contribution in [0, 0.1) is 5.92 Å². The van der Waals surface area contributed by atoms with Crippen LogP contribution in [0.1, 0.15) is 18.1 Å². The molecule has 0 fully saturated rings. The van der Waals surface area contributed by atoms with Crippen molar-refractivity contribution in [2.75, 3.05) is 7.11 Å². The largest absolute Gasteiger partial charge is 0.481 e. The first-order valence-electron chi connectivity index (χ1n) is 5.08. The topological polar surface area (TPSA) is 83.8 Å². The number of hydrogen-bond acceptors (Lipinski definition) is 3. The van der Waals surface area contributed by atoms with Gasteiger partial charge in [0.05, 0.1) is 18.4 Å². The minimum atomic E-state index is -1.18. The van der Waals surface area contributed by atoms with Gasteiger partial charge >= 0.3 is 11.9 Å². The minimum Gasteiger partial charge on any atom is -0.481 e. The van der Waals surface area contributed by atoms with Crippen molar-refractivity contribution in [3.05, 3.63) is 35.9 Å². The summed E-state index contributed by atoms with van der Waals surface area (Å²) in [6.45, 7) is 0. The highest BCUT2D eigenvalue weighted by atomic mass is 16.5. The van der Waals surface area contributed by atoms with Gasteiger partial charge in [-0.05, 0) is 5.56 Å². The molecular formula is C12H14O5. The van der Waals surface area contributed by atoms with Gasteiger partial charge in [-0.2, -0.15) is 0 Å². The number of ether oxygens (including phenoxy) is 1. The van der Waals surface area contributed by atoms with E-state index >= 15 is 0 Å². The summed E-state index contributed by atoms with van der Waals surface area (Å²) in [7, 11) is 1.37. The maximum absolute atomic E-state index is 11.1. The van der Waals surface area contributed by atoms with Crippen LogP contribution in [0.4, 0.5) is 0 Å². The van der Waals surface area contributed by atoms with Crippen molar-refractivity contribution in [2.24, 2.45) is 5.92 Å². The third kappa shape index (κ3) is 3.57. The van der Waals surface area contributed by atoms with E-state index in [0.29, 0.717) is 5.56 Å². The lowest BCUT2D eigenvalue weighted by molar-refractivity contribution is -0.153. The van der Waals surface area contributed by atoms with Crippen molar-refractivity contribution in [3.63, 3.8) is 0 Å². The molecule has 0 saturated carbocycles. The van der Waals surface area contributed by atoms with Crippen molar-refractivity contribution in [1.29, 1.82) is 0 Å². The van der Waals surface area contributed by atoms with E-state index in [1.54, 1.807) is 30.3 Å². The Morgan fingerprint density at radius 3 is 2.24 bits per heavy atom. The Kier molecular flexibility index (Phi) is 4.66. The molecular weight excluding hydrogens is 224 g/mol. The van der Waals surface area contributed by atoms with Gasteiger partial charge in [0.25, 0.3) is 0 Å². The first kappa shape index (κ1) is 13.2. The van der Waals surface area contributed by atoms with Gasteiger partial charge in [-0.15, -0.1) is 0 Å². The number of hydrogen-bond donors (Lipinski definition) is 2. The maximum Gasteiger partial charge on any atom is 0.310 e. The Bertz CT molecular complexity index is 387. The molecule has 0 heterocycles. The molecule has 1 aromatic carbocycles. The van der Waals surface area contributed by atoms with Crippen LogP contribution in [-0.2, 0) is 14.3 Å². The summed E-state index contributed by atoms with van der Waals surface area (Å²) in [5.41, 5.74) is 0.656. The molecule has 0 radical (unpaired) electrons. The Hall–Kier alpha value is -1.88. The fourth-order valence-corrected chi connectivity index (χ4v) is 1.69. The molecule has 0 spiro atoms. The predicted molar refractivity (Wildman–Crippen MR) is 59.6 cm³/mol. The first-order chi connectivity index (χ1) is 8.06. The van der Waals surface area contributed by atoms with Gasteiger partial charge in [-0.3, -0.25) is 9.59 Å². The first-order valence-corrected chi connectivity index (χ1v) is 5.08. The van der Waals surface area contributed by atoms with Crippen LogP contribution >= 0.6 is 0 Å². The molecule has 5 heteroatoms. The van der Waals surface area contributed by atoms with Crippen molar-refractivity contribution >= 4 is 11.9 Å². The molecule has 17 heavy (non-hydrogen) atoms. The average molecular weight is 238 g/mol. The molecule has 5 nitrogen and oxygen atoms in total. The Labute approximate surface area is 98.6 Å². The number of carboxylic acids is 2. The summed E-state index contributed by atoms with van der Waals surface area (Å²) in [5, 5.41) is 17.7. The van der Waals surface area contributed by atoms with Crippen LogP contribution < -0.4 is 0 Å². The summed E-state index contributed by atoms with van der Waals surface area (Å²) in [6.07, 6.45) is -1.23. The zero-order chi connectivity index (χ0) is 12.8. The molecule has 2 N–H and O–H groups in total. The highest BCUT2D eigenvalue weighted by Crippen LogP contribution is 2.28. The lowest BCUT2D eigenvalue weighted by atomic mass is 9.93. The van der Waals surface area contributed by atoms with Gasteiger partial charge in [0.1, 0.15) is 0 Å². The molecule has 2 atom stereocenters. The number of benzene rings is 1.